The van der Waals surface area contributed by atoms with Crippen molar-refractivity contribution < 1.29 is 27.9 Å². The lowest BCUT2D eigenvalue weighted by atomic mass is 9.73. The third kappa shape index (κ3) is 4.58. The molecule has 1 saturated heterocycles. The minimum absolute atomic E-state index is 0.0167. The van der Waals surface area contributed by atoms with Crippen LogP contribution in [0.2, 0.25) is 0 Å². The monoisotopic (exact) mass is 664 g/mol. The Hall–Kier alpha value is -0.670. The van der Waals surface area contributed by atoms with E-state index in [1.54, 1.807) is 32.9 Å². The molecular formula is C19H26I2N2O6S. The smallest absolute Gasteiger partial charge is 0.325 e. The summed E-state index contributed by atoms with van der Waals surface area (Å²) in [7, 11) is -2.40. The number of benzene rings is 1. The molecule has 1 aromatic rings. The van der Waals surface area contributed by atoms with Crippen LogP contribution in [-0.4, -0.2) is 55.2 Å². The predicted molar refractivity (Wildman–Crippen MR) is 130 cm³/mol. The third-order valence-electron chi connectivity index (χ3n) is 5.61. The molecule has 1 fully saturated rings. The van der Waals surface area contributed by atoms with Gasteiger partial charge in [-0.1, -0.05) is 13.8 Å². The Balaban J connectivity index is 2.34. The van der Waals surface area contributed by atoms with Crippen molar-refractivity contribution in [3.8, 4) is 5.75 Å². The molecule has 0 bridgehead atoms. The number of rotatable bonds is 8. The van der Waals surface area contributed by atoms with E-state index in [0.717, 1.165) is 8.47 Å². The molecule has 1 aliphatic rings. The third-order valence-corrected chi connectivity index (χ3v) is 9.13. The average molecular weight is 664 g/mol. The molecule has 2 N–H and O–H groups in total. The van der Waals surface area contributed by atoms with Gasteiger partial charge in [-0.25, -0.2) is 18.1 Å². The summed E-state index contributed by atoms with van der Waals surface area (Å²) in [5.41, 5.74) is -0.629. The number of β-lactam (4-membered cyclic amide) rings is 1. The summed E-state index contributed by atoms with van der Waals surface area (Å²) in [6.07, 6.45) is 0.628. The van der Waals surface area contributed by atoms with E-state index in [1.807, 2.05) is 22.6 Å². The van der Waals surface area contributed by atoms with Crippen molar-refractivity contribution in [2.75, 3.05) is 19.5 Å². The molecule has 1 aliphatic heterocycles. The van der Waals surface area contributed by atoms with Crippen molar-refractivity contribution in [2.45, 2.75) is 45.0 Å². The highest BCUT2D eigenvalue weighted by Gasteiger charge is 2.65. The van der Waals surface area contributed by atoms with Crippen molar-refractivity contribution in [3.05, 3.63) is 24.8 Å². The van der Waals surface area contributed by atoms with Gasteiger partial charge in [-0.3, -0.25) is 4.79 Å². The van der Waals surface area contributed by atoms with E-state index in [2.05, 4.69) is 27.9 Å². The Morgan fingerprint density at radius 2 is 1.93 bits per heavy atom. The minimum atomic E-state index is -3.80. The number of methoxy groups -OCH3 is 1. The van der Waals surface area contributed by atoms with Crippen molar-refractivity contribution >= 4 is 67.0 Å². The number of hydrogen-bond acceptors (Lipinski definition) is 6. The molecule has 0 aromatic heterocycles. The molecule has 2 unspecified atom stereocenters. The molecule has 2 rings (SSSR count). The van der Waals surface area contributed by atoms with Crippen molar-refractivity contribution in [1.29, 1.82) is 0 Å². The van der Waals surface area contributed by atoms with Crippen LogP contribution in [-0.2, 0) is 19.4 Å². The maximum absolute atomic E-state index is 13.0. The van der Waals surface area contributed by atoms with E-state index < -0.39 is 38.6 Å². The number of urea groups is 1. The van der Waals surface area contributed by atoms with Gasteiger partial charge in [0.15, 0.2) is 15.2 Å². The summed E-state index contributed by atoms with van der Waals surface area (Å²) in [6.45, 7) is 5.16. The number of carbonyl (C=O) groups is 2. The summed E-state index contributed by atoms with van der Waals surface area (Å²) in [4.78, 5) is 26.7. The lowest BCUT2D eigenvalue weighted by Crippen LogP contribution is -2.74. The number of ether oxygens (including phenoxy) is 1. The molecule has 3 amide bonds. The fourth-order valence-corrected chi connectivity index (χ4v) is 7.94. The Morgan fingerprint density at radius 1 is 1.33 bits per heavy atom. The molecule has 0 saturated carbocycles. The number of imide groups is 1. The molecule has 11 heteroatoms. The van der Waals surface area contributed by atoms with E-state index in [-0.39, 0.29) is 18.1 Å². The largest absolute Gasteiger partial charge is 0.506 e. The number of halogens is 2. The number of amides is 3. The van der Waals surface area contributed by atoms with Crippen LogP contribution in [0.5, 0.6) is 5.75 Å². The van der Waals surface area contributed by atoms with E-state index in [9.17, 15) is 23.1 Å². The number of likely N-dealkylation sites (tertiary alicyclic amines) is 1. The van der Waals surface area contributed by atoms with Crippen LogP contribution in [0.1, 0.15) is 45.2 Å². The standard InChI is InChI=1S/C19H26I2N2O6S/c1-5-19(6-2)16(25)23(17(19)30(27,28)8-7-29-4)18(26)22-11(3)13-9-12(20)10-14(21)15(13)24/h9-11,17,24H,5-8H2,1-4H3,(H,22,26). The number of nitrogens with one attached hydrogen (secondary N) is 1. The maximum Gasteiger partial charge on any atom is 0.325 e. The van der Waals surface area contributed by atoms with E-state index in [1.165, 1.54) is 7.11 Å². The molecule has 30 heavy (non-hydrogen) atoms. The first-order valence-electron chi connectivity index (χ1n) is 9.49. The Kier molecular flexibility index (Phi) is 8.41. The topological polar surface area (TPSA) is 113 Å². The zero-order valence-corrected chi connectivity index (χ0v) is 22.4. The van der Waals surface area contributed by atoms with Crippen LogP contribution in [0.4, 0.5) is 4.79 Å². The van der Waals surface area contributed by atoms with Gasteiger partial charge in [0.1, 0.15) is 5.75 Å². The summed E-state index contributed by atoms with van der Waals surface area (Å²) in [6, 6.07) is 2.11. The van der Waals surface area contributed by atoms with E-state index >= 15 is 0 Å². The summed E-state index contributed by atoms with van der Waals surface area (Å²) >= 11 is 4.10. The van der Waals surface area contributed by atoms with Crippen LogP contribution in [0.15, 0.2) is 12.1 Å². The minimum Gasteiger partial charge on any atom is -0.506 e. The first kappa shape index (κ1) is 25.6. The zero-order chi connectivity index (χ0) is 22.9. The number of nitrogens with zero attached hydrogens (tertiary/aromatic N) is 1. The average Bonchev–Trinajstić information content (AvgIpc) is 2.68. The molecular weight excluding hydrogens is 638 g/mol. The van der Waals surface area contributed by atoms with Crippen LogP contribution in [0.25, 0.3) is 0 Å². The van der Waals surface area contributed by atoms with Crippen LogP contribution >= 0.6 is 45.2 Å². The SMILES string of the molecule is CCC1(CC)C(=O)N(C(=O)NC(C)c2cc(I)cc(I)c2O)C1S(=O)(=O)CCOC. The highest BCUT2D eigenvalue weighted by molar-refractivity contribution is 14.1. The second-order valence-electron chi connectivity index (χ2n) is 7.25. The molecule has 0 spiro atoms. The number of aromatic hydroxyl groups is 1. The lowest BCUT2D eigenvalue weighted by Gasteiger charge is -2.53. The number of carbonyl (C=O) groups excluding carboxylic acids is 2. The molecule has 1 aromatic carbocycles. The number of phenolic OH excluding ortho intramolecular Hbond substituents is 1. The summed E-state index contributed by atoms with van der Waals surface area (Å²) in [5, 5.41) is 11.8. The van der Waals surface area contributed by atoms with E-state index in [0.29, 0.717) is 22.0 Å². The van der Waals surface area contributed by atoms with Gasteiger partial charge in [-0.2, -0.15) is 0 Å². The first-order valence-corrected chi connectivity index (χ1v) is 13.4. The number of sulfone groups is 1. The normalized spacial score (nSPS) is 19.3. The van der Waals surface area contributed by atoms with Gasteiger partial charge in [0.2, 0.25) is 5.91 Å². The van der Waals surface area contributed by atoms with Gasteiger partial charge in [0.25, 0.3) is 0 Å². The molecule has 168 valence electrons. The molecule has 0 aliphatic carbocycles. The molecule has 0 radical (unpaired) electrons. The van der Waals surface area contributed by atoms with Gasteiger partial charge in [0.05, 0.1) is 27.4 Å². The second-order valence-corrected chi connectivity index (χ2v) is 11.8. The van der Waals surface area contributed by atoms with Crippen molar-refractivity contribution in [2.24, 2.45) is 5.41 Å². The van der Waals surface area contributed by atoms with Gasteiger partial charge in [-0.05, 0) is 77.1 Å². The zero-order valence-electron chi connectivity index (χ0n) is 17.2. The van der Waals surface area contributed by atoms with Crippen molar-refractivity contribution in [3.63, 3.8) is 0 Å². The highest BCUT2D eigenvalue weighted by atomic mass is 127. The van der Waals surface area contributed by atoms with Crippen LogP contribution in [0.3, 0.4) is 0 Å². The summed E-state index contributed by atoms with van der Waals surface area (Å²) < 4.78 is 32.3. The fourth-order valence-electron chi connectivity index (χ4n) is 3.80. The summed E-state index contributed by atoms with van der Waals surface area (Å²) in [5.74, 6) is -0.734. The number of hydrogen-bond donors (Lipinski definition) is 2. The van der Waals surface area contributed by atoms with Crippen molar-refractivity contribution in [1.82, 2.24) is 10.2 Å². The maximum atomic E-state index is 13.0. The van der Waals surface area contributed by atoms with Gasteiger partial charge < -0.3 is 15.2 Å². The predicted octanol–water partition coefficient (Wildman–Crippen LogP) is 3.41. The lowest BCUT2D eigenvalue weighted by molar-refractivity contribution is -0.159. The number of phenols is 1. The van der Waals surface area contributed by atoms with Crippen LogP contribution < -0.4 is 5.32 Å². The second kappa shape index (κ2) is 9.86. The highest BCUT2D eigenvalue weighted by Crippen LogP contribution is 2.48. The Labute approximate surface area is 204 Å². The van der Waals surface area contributed by atoms with Crippen LogP contribution in [0, 0.1) is 12.6 Å². The quantitative estimate of drug-likeness (QED) is 0.326. The molecule has 2 atom stereocenters. The van der Waals surface area contributed by atoms with Gasteiger partial charge in [-0.15, -0.1) is 0 Å². The van der Waals surface area contributed by atoms with Gasteiger partial charge in [0, 0.05) is 16.2 Å². The first-order chi connectivity index (χ1) is 14.0. The van der Waals surface area contributed by atoms with Gasteiger partial charge >= 0.3 is 6.03 Å². The molecule has 1 heterocycles. The molecule has 8 nitrogen and oxygen atoms in total. The fraction of sp³-hybridized carbons (Fsp3) is 0.579. The van der Waals surface area contributed by atoms with E-state index in [4.69, 9.17) is 4.74 Å². The Bertz CT molecular complexity index is 933. The Morgan fingerprint density at radius 3 is 2.47 bits per heavy atom.